The number of alkyl halides is 3. The molecule has 0 saturated carbocycles. The molecular weight excluding hydrogens is 473 g/mol. The third-order valence-electron chi connectivity index (χ3n) is 4.24. The van der Waals surface area contributed by atoms with Crippen molar-refractivity contribution in [2.45, 2.75) is 37.9 Å². The Morgan fingerprint density at radius 3 is 2.44 bits per heavy atom. The zero-order chi connectivity index (χ0) is 24.3. The molecule has 0 aliphatic rings. The van der Waals surface area contributed by atoms with Crippen LogP contribution in [0.25, 0.3) is 0 Å². The highest BCUT2D eigenvalue weighted by Crippen LogP contribution is 2.41. The Balaban J connectivity index is 2.44. The Morgan fingerprint density at radius 2 is 1.88 bits per heavy atom. The van der Waals surface area contributed by atoms with E-state index in [9.17, 15) is 31.5 Å². The van der Waals surface area contributed by atoms with Crippen LogP contribution in [0.2, 0.25) is 5.02 Å². The summed E-state index contributed by atoms with van der Waals surface area (Å²) in [6.45, 7) is 4.90. The van der Waals surface area contributed by atoms with Crippen molar-refractivity contribution < 1.29 is 36.2 Å². The second-order valence-electron chi connectivity index (χ2n) is 7.04. The number of aliphatic hydroxyl groups excluding tert-OH is 1. The summed E-state index contributed by atoms with van der Waals surface area (Å²) in [6.07, 6.45) is -6.19. The van der Waals surface area contributed by atoms with Crippen molar-refractivity contribution in [3.8, 4) is 5.75 Å². The molecule has 0 unspecified atom stereocenters. The van der Waals surface area contributed by atoms with Gasteiger partial charge in [-0.05, 0) is 37.1 Å². The molecule has 176 valence electrons. The molecule has 0 spiro atoms. The first-order valence-electron chi connectivity index (χ1n) is 9.42. The normalized spacial score (nSPS) is 13.0. The molecule has 1 amide bonds. The van der Waals surface area contributed by atoms with Gasteiger partial charge in [-0.1, -0.05) is 31.5 Å². The second-order valence-corrected chi connectivity index (χ2v) is 9.10. The second kappa shape index (κ2) is 9.97. The maximum Gasteiger partial charge on any atom is 0.419 e. The molecule has 0 aromatic heterocycles. The minimum Gasteiger partial charge on any atom is -0.492 e. The first-order chi connectivity index (χ1) is 14.8. The number of rotatable bonds is 8. The van der Waals surface area contributed by atoms with Gasteiger partial charge in [0, 0.05) is 11.8 Å². The predicted octanol–water partition coefficient (Wildman–Crippen LogP) is 4.51. The lowest BCUT2D eigenvalue weighted by Crippen LogP contribution is -2.31. The van der Waals surface area contributed by atoms with Crippen LogP contribution in [-0.4, -0.2) is 32.1 Å². The van der Waals surface area contributed by atoms with Crippen molar-refractivity contribution in [1.82, 2.24) is 0 Å². The van der Waals surface area contributed by atoms with E-state index in [4.69, 9.17) is 16.3 Å². The fourth-order valence-corrected chi connectivity index (χ4v) is 4.17. The molecule has 32 heavy (non-hydrogen) atoms. The van der Waals surface area contributed by atoms with Gasteiger partial charge in [0.25, 0.3) is 15.9 Å². The Labute approximate surface area is 188 Å². The first-order valence-corrected chi connectivity index (χ1v) is 11.3. The van der Waals surface area contributed by atoms with Crippen molar-refractivity contribution in [2.75, 3.05) is 16.6 Å². The number of hydrogen-bond acceptors (Lipinski definition) is 5. The molecule has 0 radical (unpaired) electrons. The maximum atomic E-state index is 13.4. The van der Waals surface area contributed by atoms with Crippen molar-refractivity contribution in [3.63, 3.8) is 0 Å². The van der Waals surface area contributed by atoms with Gasteiger partial charge >= 0.3 is 6.18 Å². The number of aliphatic hydroxyl groups is 1. The van der Waals surface area contributed by atoms with Crippen LogP contribution in [0.1, 0.15) is 26.3 Å². The number of carbonyl (C=O) groups excluding carboxylic acids is 1. The van der Waals surface area contributed by atoms with Gasteiger partial charge in [0.2, 0.25) is 0 Å². The van der Waals surface area contributed by atoms with Gasteiger partial charge in [-0.25, -0.2) is 8.42 Å². The van der Waals surface area contributed by atoms with E-state index in [0.717, 1.165) is 18.2 Å². The Bertz CT molecular complexity index is 1090. The highest BCUT2D eigenvalue weighted by molar-refractivity contribution is 7.92. The lowest BCUT2D eigenvalue weighted by Gasteiger charge is -2.18. The van der Waals surface area contributed by atoms with Crippen LogP contribution in [-0.2, 0) is 21.0 Å². The standard InChI is InChI=1S/C20H22ClF3N2O5S/c1-4-31-15-10-12(25-19(28)18(27)11(2)3)8-9-16(15)32(29,30)26-14-7-5-6-13(21)17(14)20(22,23)24/h5-11,18,26-27H,4H2,1-3H3,(H,25,28)/t18-/m0/s1. The van der Waals surface area contributed by atoms with Crippen molar-refractivity contribution in [1.29, 1.82) is 0 Å². The molecule has 0 aliphatic carbocycles. The SMILES string of the molecule is CCOc1cc(NC(=O)[C@@H](O)C(C)C)ccc1S(=O)(=O)Nc1cccc(Cl)c1C(F)(F)F. The molecule has 7 nitrogen and oxygen atoms in total. The summed E-state index contributed by atoms with van der Waals surface area (Å²) in [6, 6.07) is 6.61. The lowest BCUT2D eigenvalue weighted by molar-refractivity contribution is -0.136. The van der Waals surface area contributed by atoms with Gasteiger partial charge < -0.3 is 15.2 Å². The number of amides is 1. The molecule has 0 heterocycles. The molecule has 2 rings (SSSR count). The average molecular weight is 495 g/mol. The van der Waals surface area contributed by atoms with Gasteiger partial charge in [-0.15, -0.1) is 0 Å². The van der Waals surface area contributed by atoms with Crippen LogP contribution in [0.4, 0.5) is 24.5 Å². The fraction of sp³-hybridized carbons (Fsp3) is 0.350. The zero-order valence-corrected chi connectivity index (χ0v) is 18.9. The smallest absolute Gasteiger partial charge is 0.419 e. The lowest BCUT2D eigenvalue weighted by atomic mass is 10.1. The van der Waals surface area contributed by atoms with E-state index >= 15 is 0 Å². The van der Waals surface area contributed by atoms with Crippen LogP contribution >= 0.6 is 11.6 Å². The monoisotopic (exact) mass is 494 g/mol. The summed E-state index contributed by atoms with van der Waals surface area (Å²) >= 11 is 5.65. The summed E-state index contributed by atoms with van der Waals surface area (Å²) in [4.78, 5) is 11.6. The molecule has 12 heteroatoms. The van der Waals surface area contributed by atoms with Gasteiger partial charge in [-0.2, -0.15) is 13.2 Å². The van der Waals surface area contributed by atoms with Crippen molar-refractivity contribution >= 4 is 38.9 Å². The van der Waals surface area contributed by atoms with Crippen molar-refractivity contribution in [3.05, 3.63) is 47.0 Å². The molecule has 3 N–H and O–H groups in total. The minimum absolute atomic E-state index is 0.0412. The van der Waals surface area contributed by atoms with Crippen LogP contribution in [0.15, 0.2) is 41.3 Å². The number of ether oxygens (including phenoxy) is 1. The highest BCUT2D eigenvalue weighted by Gasteiger charge is 2.37. The van der Waals surface area contributed by atoms with Crippen LogP contribution in [0.5, 0.6) is 5.75 Å². The molecule has 0 fully saturated rings. The quantitative estimate of drug-likeness (QED) is 0.500. The number of benzene rings is 2. The maximum absolute atomic E-state index is 13.4. The molecular formula is C20H22ClF3N2O5S. The van der Waals surface area contributed by atoms with E-state index in [1.165, 1.54) is 18.2 Å². The Hall–Kier alpha value is -2.50. The molecule has 0 saturated heterocycles. The van der Waals surface area contributed by atoms with E-state index in [2.05, 4.69) is 5.32 Å². The topological polar surface area (TPSA) is 105 Å². The molecule has 2 aromatic rings. The van der Waals surface area contributed by atoms with E-state index in [-0.39, 0.29) is 24.0 Å². The summed E-state index contributed by atoms with van der Waals surface area (Å²) in [7, 11) is -4.54. The Morgan fingerprint density at radius 1 is 1.22 bits per heavy atom. The first kappa shape index (κ1) is 25.8. The number of halogens is 4. The summed E-state index contributed by atoms with van der Waals surface area (Å²) in [5.74, 6) is -1.26. The van der Waals surface area contributed by atoms with E-state index < -0.39 is 49.4 Å². The van der Waals surface area contributed by atoms with E-state index in [0.29, 0.717) is 0 Å². The summed E-state index contributed by atoms with van der Waals surface area (Å²) < 4.78 is 73.1. The van der Waals surface area contributed by atoms with Gasteiger partial charge in [0.15, 0.2) is 0 Å². The zero-order valence-electron chi connectivity index (χ0n) is 17.3. The molecule has 0 bridgehead atoms. The van der Waals surface area contributed by atoms with Gasteiger partial charge in [0.1, 0.15) is 16.7 Å². The number of hydrogen-bond donors (Lipinski definition) is 3. The fourth-order valence-electron chi connectivity index (χ4n) is 2.69. The molecule has 1 atom stereocenters. The predicted molar refractivity (Wildman–Crippen MR) is 114 cm³/mol. The van der Waals surface area contributed by atoms with Crippen LogP contribution < -0.4 is 14.8 Å². The van der Waals surface area contributed by atoms with E-state index in [1.54, 1.807) is 20.8 Å². The number of carbonyl (C=O) groups is 1. The summed E-state index contributed by atoms with van der Waals surface area (Å²) in [5, 5.41) is 11.6. The minimum atomic E-state index is -4.90. The number of sulfonamides is 1. The Kier molecular flexibility index (Phi) is 8.02. The third-order valence-corrected chi connectivity index (χ3v) is 5.96. The average Bonchev–Trinajstić information content (AvgIpc) is 2.66. The third kappa shape index (κ3) is 6.05. The van der Waals surface area contributed by atoms with Gasteiger partial charge in [-0.3, -0.25) is 9.52 Å². The molecule has 0 aliphatic heterocycles. The highest BCUT2D eigenvalue weighted by atomic mass is 35.5. The van der Waals surface area contributed by atoms with Crippen LogP contribution in [0.3, 0.4) is 0 Å². The largest absolute Gasteiger partial charge is 0.492 e. The number of nitrogens with one attached hydrogen (secondary N) is 2. The summed E-state index contributed by atoms with van der Waals surface area (Å²) in [5.41, 5.74) is -1.93. The van der Waals surface area contributed by atoms with Gasteiger partial charge in [0.05, 0.1) is 22.9 Å². The van der Waals surface area contributed by atoms with E-state index in [1.807, 2.05) is 4.72 Å². The molecule has 2 aromatic carbocycles. The number of anilines is 2. The van der Waals surface area contributed by atoms with Crippen molar-refractivity contribution in [2.24, 2.45) is 5.92 Å². The van der Waals surface area contributed by atoms with Crippen LogP contribution in [0, 0.1) is 5.92 Å².